The van der Waals surface area contributed by atoms with Crippen molar-refractivity contribution in [1.29, 1.82) is 0 Å². The number of aryl methyl sites for hydroxylation is 1. The van der Waals surface area contributed by atoms with Gasteiger partial charge in [0.1, 0.15) is 0 Å². The van der Waals surface area contributed by atoms with Gasteiger partial charge in [0, 0.05) is 25.4 Å². The van der Waals surface area contributed by atoms with Crippen LogP contribution in [0.2, 0.25) is 0 Å². The summed E-state index contributed by atoms with van der Waals surface area (Å²) in [5.74, 6) is 0.0880. The molecule has 3 rings (SSSR count). The second-order valence-electron chi connectivity index (χ2n) is 5.38. The Balaban J connectivity index is 1.54. The van der Waals surface area contributed by atoms with Crippen molar-refractivity contribution in [1.82, 2.24) is 15.1 Å². The first kappa shape index (κ1) is 15.5. The molecule has 0 aliphatic rings. The first-order valence-corrected chi connectivity index (χ1v) is 8.57. The lowest BCUT2D eigenvalue weighted by atomic mass is 10.1. The van der Waals surface area contributed by atoms with Crippen molar-refractivity contribution in [2.45, 2.75) is 25.9 Å². The van der Waals surface area contributed by atoms with E-state index in [2.05, 4.69) is 34.0 Å². The van der Waals surface area contributed by atoms with Crippen molar-refractivity contribution in [2.75, 3.05) is 0 Å². The minimum atomic E-state index is 0.0880. The number of carbonyl (C=O) groups is 1. The highest BCUT2D eigenvalue weighted by molar-refractivity contribution is 7.07. The highest BCUT2D eigenvalue weighted by atomic mass is 32.1. The number of benzene rings is 1. The van der Waals surface area contributed by atoms with Crippen LogP contribution in [0.25, 0.3) is 0 Å². The van der Waals surface area contributed by atoms with Gasteiger partial charge in [-0.05, 0) is 46.0 Å². The molecule has 0 spiro atoms. The molecule has 0 unspecified atom stereocenters. The lowest BCUT2D eigenvalue weighted by molar-refractivity contribution is -0.121. The number of nitrogens with one attached hydrogen (secondary N) is 1. The largest absolute Gasteiger partial charge is 0.352 e. The van der Waals surface area contributed by atoms with Crippen molar-refractivity contribution in [2.24, 2.45) is 0 Å². The van der Waals surface area contributed by atoms with Crippen LogP contribution in [0, 0.1) is 0 Å². The predicted octanol–water partition coefficient (Wildman–Crippen LogP) is 3.24. The molecule has 0 saturated carbocycles. The fraction of sp³-hybridized carbons (Fsp3) is 0.222. The molecule has 3 aromatic rings. The van der Waals surface area contributed by atoms with E-state index in [9.17, 15) is 4.79 Å². The third-order valence-electron chi connectivity index (χ3n) is 3.71. The van der Waals surface area contributed by atoms with E-state index in [0.717, 1.165) is 12.0 Å². The number of hydrogen-bond acceptors (Lipinski definition) is 3. The first-order chi connectivity index (χ1) is 11.3. The van der Waals surface area contributed by atoms with Crippen molar-refractivity contribution in [3.8, 4) is 0 Å². The average Bonchev–Trinajstić information content (AvgIpc) is 3.25. The SMILES string of the molecule is O=C(CCc1ccsc1)NCc1ccccc1Cn1cccn1. The van der Waals surface area contributed by atoms with Crippen LogP contribution in [0.5, 0.6) is 0 Å². The highest BCUT2D eigenvalue weighted by Gasteiger charge is 2.06. The number of thiophene rings is 1. The van der Waals surface area contributed by atoms with Crippen LogP contribution in [0.3, 0.4) is 0 Å². The third-order valence-corrected chi connectivity index (χ3v) is 4.44. The topological polar surface area (TPSA) is 46.9 Å². The lowest BCUT2D eigenvalue weighted by Gasteiger charge is -2.11. The molecule has 2 aromatic heterocycles. The molecule has 0 aliphatic carbocycles. The van der Waals surface area contributed by atoms with Crippen molar-refractivity contribution >= 4 is 17.2 Å². The summed E-state index contributed by atoms with van der Waals surface area (Å²) in [6, 6.07) is 12.1. The maximum absolute atomic E-state index is 12.0. The Morgan fingerprint density at radius 2 is 2.04 bits per heavy atom. The van der Waals surface area contributed by atoms with Gasteiger partial charge >= 0.3 is 0 Å². The van der Waals surface area contributed by atoms with Gasteiger partial charge < -0.3 is 5.32 Å². The number of rotatable bonds is 7. The molecule has 2 heterocycles. The number of amides is 1. The quantitative estimate of drug-likeness (QED) is 0.725. The lowest BCUT2D eigenvalue weighted by Crippen LogP contribution is -2.23. The zero-order valence-corrected chi connectivity index (χ0v) is 13.6. The van der Waals surface area contributed by atoms with E-state index in [-0.39, 0.29) is 5.91 Å². The number of hydrogen-bond donors (Lipinski definition) is 1. The summed E-state index contributed by atoms with van der Waals surface area (Å²) in [6.07, 6.45) is 5.04. The molecule has 0 saturated heterocycles. The normalized spacial score (nSPS) is 10.6. The molecule has 0 aliphatic heterocycles. The summed E-state index contributed by atoms with van der Waals surface area (Å²) >= 11 is 1.67. The maximum Gasteiger partial charge on any atom is 0.220 e. The molecule has 1 amide bonds. The van der Waals surface area contributed by atoms with Gasteiger partial charge in [-0.1, -0.05) is 24.3 Å². The molecule has 5 heteroatoms. The molecular weight excluding hydrogens is 306 g/mol. The zero-order valence-electron chi connectivity index (χ0n) is 12.8. The Bertz CT molecular complexity index is 735. The van der Waals surface area contributed by atoms with Gasteiger partial charge in [-0.3, -0.25) is 9.48 Å². The number of carbonyl (C=O) groups excluding carboxylic acids is 1. The van der Waals surface area contributed by atoms with Crippen LogP contribution in [-0.4, -0.2) is 15.7 Å². The summed E-state index contributed by atoms with van der Waals surface area (Å²) < 4.78 is 1.89. The Hall–Kier alpha value is -2.40. The molecule has 0 fully saturated rings. The smallest absolute Gasteiger partial charge is 0.220 e. The van der Waals surface area contributed by atoms with Crippen molar-refractivity contribution < 1.29 is 4.79 Å². The van der Waals surface area contributed by atoms with Crippen molar-refractivity contribution in [3.63, 3.8) is 0 Å². The molecule has 0 radical (unpaired) electrons. The van der Waals surface area contributed by atoms with Crippen LogP contribution in [0.15, 0.2) is 59.6 Å². The van der Waals surface area contributed by atoms with Gasteiger partial charge in [-0.2, -0.15) is 16.4 Å². The summed E-state index contributed by atoms with van der Waals surface area (Å²) in [4.78, 5) is 12.0. The van der Waals surface area contributed by atoms with Crippen LogP contribution in [0.4, 0.5) is 0 Å². The van der Waals surface area contributed by atoms with E-state index >= 15 is 0 Å². The van der Waals surface area contributed by atoms with E-state index in [1.807, 2.05) is 34.5 Å². The first-order valence-electron chi connectivity index (χ1n) is 7.63. The summed E-state index contributed by atoms with van der Waals surface area (Å²) in [5, 5.41) is 11.4. The van der Waals surface area contributed by atoms with E-state index in [1.54, 1.807) is 17.5 Å². The van der Waals surface area contributed by atoms with E-state index in [4.69, 9.17) is 0 Å². The summed E-state index contributed by atoms with van der Waals surface area (Å²) in [5.41, 5.74) is 3.53. The van der Waals surface area contributed by atoms with Gasteiger partial charge in [0.05, 0.1) is 6.54 Å². The summed E-state index contributed by atoms with van der Waals surface area (Å²) in [7, 11) is 0. The van der Waals surface area contributed by atoms with Crippen LogP contribution >= 0.6 is 11.3 Å². The second-order valence-corrected chi connectivity index (χ2v) is 6.16. The minimum Gasteiger partial charge on any atom is -0.352 e. The van der Waals surface area contributed by atoms with Gasteiger partial charge in [-0.15, -0.1) is 0 Å². The molecule has 1 aromatic carbocycles. The van der Waals surface area contributed by atoms with Gasteiger partial charge in [0.25, 0.3) is 0 Å². The third kappa shape index (κ3) is 4.53. The predicted molar refractivity (Wildman–Crippen MR) is 92.3 cm³/mol. The fourth-order valence-corrected chi connectivity index (χ4v) is 3.13. The second kappa shape index (κ2) is 7.74. The van der Waals surface area contributed by atoms with Crippen molar-refractivity contribution in [3.05, 3.63) is 76.2 Å². The van der Waals surface area contributed by atoms with Gasteiger partial charge in [-0.25, -0.2) is 0 Å². The van der Waals surface area contributed by atoms with Crippen LogP contribution < -0.4 is 5.32 Å². The monoisotopic (exact) mass is 325 g/mol. The standard InChI is InChI=1S/C18H19N3OS/c22-18(7-6-15-8-11-23-14-15)19-12-16-4-1-2-5-17(16)13-21-10-3-9-20-21/h1-5,8-11,14H,6-7,12-13H2,(H,19,22). The Labute approximate surface area is 139 Å². The highest BCUT2D eigenvalue weighted by Crippen LogP contribution is 2.11. The number of nitrogens with zero attached hydrogens (tertiary/aromatic N) is 2. The van der Waals surface area contributed by atoms with E-state index in [1.165, 1.54) is 11.1 Å². The molecule has 4 nitrogen and oxygen atoms in total. The van der Waals surface area contributed by atoms with Gasteiger partial charge in [0.15, 0.2) is 0 Å². The molecular formula is C18H19N3OS. The summed E-state index contributed by atoms with van der Waals surface area (Å²) in [6.45, 7) is 1.27. The number of aromatic nitrogens is 2. The fourth-order valence-electron chi connectivity index (χ4n) is 2.43. The van der Waals surface area contributed by atoms with Gasteiger partial charge in [0.2, 0.25) is 5.91 Å². The van der Waals surface area contributed by atoms with E-state index in [0.29, 0.717) is 19.5 Å². The molecule has 0 atom stereocenters. The Morgan fingerprint density at radius 3 is 2.78 bits per heavy atom. The molecule has 118 valence electrons. The Morgan fingerprint density at radius 1 is 1.17 bits per heavy atom. The maximum atomic E-state index is 12.0. The zero-order chi connectivity index (χ0) is 15.9. The van der Waals surface area contributed by atoms with Crippen LogP contribution in [0.1, 0.15) is 23.1 Å². The van der Waals surface area contributed by atoms with E-state index < -0.39 is 0 Å². The minimum absolute atomic E-state index is 0.0880. The molecule has 0 bridgehead atoms. The Kier molecular flexibility index (Phi) is 5.21. The average molecular weight is 325 g/mol. The molecule has 23 heavy (non-hydrogen) atoms. The molecule has 1 N–H and O–H groups in total. The van der Waals surface area contributed by atoms with Crippen LogP contribution in [-0.2, 0) is 24.3 Å².